The van der Waals surface area contributed by atoms with Crippen LogP contribution in [0.3, 0.4) is 0 Å². The lowest BCUT2D eigenvalue weighted by molar-refractivity contribution is 0.0698. The molecule has 17 heavy (non-hydrogen) atoms. The van der Waals surface area contributed by atoms with Crippen LogP contribution in [0, 0.1) is 6.92 Å². The fourth-order valence-corrected chi connectivity index (χ4v) is 2.21. The van der Waals surface area contributed by atoms with Crippen LogP contribution in [0.1, 0.15) is 41.3 Å². The van der Waals surface area contributed by atoms with Gasteiger partial charge in [0, 0.05) is 11.6 Å². The molecular weight excluding hydrogens is 214 g/mol. The number of aromatic carboxylic acids is 1. The summed E-state index contributed by atoms with van der Waals surface area (Å²) >= 11 is 0. The molecule has 0 spiro atoms. The lowest BCUT2D eigenvalue weighted by atomic mass is 10.0. The van der Waals surface area contributed by atoms with Crippen molar-refractivity contribution in [1.82, 2.24) is 4.98 Å². The molecule has 0 aliphatic carbocycles. The molecule has 0 aliphatic rings. The van der Waals surface area contributed by atoms with E-state index in [1.54, 1.807) is 0 Å². The van der Waals surface area contributed by atoms with E-state index in [0.717, 1.165) is 35.7 Å². The number of carboxylic acid groups (broad SMARTS) is 1. The van der Waals surface area contributed by atoms with E-state index in [-0.39, 0.29) is 0 Å². The SMILES string of the molecule is CCCCc1c[nH]c2c(C(=O)O)c(C)ccc12. The summed E-state index contributed by atoms with van der Waals surface area (Å²) in [5.41, 5.74) is 3.16. The smallest absolute Gasteiger partial charge is 0.338 e. The summed E-state index contributed by atoms with van der Waals surface area (Å²) in [5.74, 6) is -0.864. The van der Waals surface area contributed by atoms with Gasteiger partial charge in [0.2, 0.25) is 0 Å². The molecule has 1 aromatic carbocycles. The Balaban J connectivity index is 2.56. The van der Waals surface area contributed by atoms with E-state index < -0.39 is 5.97 Å². The van der Waals surface area contributed by atoms with Gasteiger partial charge in [0.15, 0.2) is 0 Å². The Morgan fingerprint density at radius 2 is 2.18 bits per heavy atom. The second-order valence-corrected chi connectivity index (χ2v) is 4.40. The van der Waals surface area contributed by atoms with Gasteiger partial charge >= 0.3 is 5.97 Å². The third kappa shape index (κ3) is 2.05. The second kappa shape index (κ2) is 4.62. The maximum atomic E-state index is 11.2. The first-order valence-electron chi connectivity index (χ1n) is 5.98. The Hall–Kier alpha value is -1.77. The minimum absolute atomic E-state index is 0.394. The summed E-state index contributed by atoms with van der Waals surface area (Å²) < 4.78 is 0. The first-order valence-corrected chi connectivity index (χ1v) is 5.98. The van der Waals surface area contributed by atoms with Crippen molar-refractivity contribution in [3.05, 3.63) is 35.0 Å². The Morgan fingerprint density at radius 3 is 2.82 bits per heavy atom. The fourth-order valence-electron chi connectivity index (χ4n) is 2.21. The topological polar surface area (TPSA) is 53.1 Å². The van der Waals surface area contributed by atoms with E-state index in [9.17, 15) is 9.90 Å². The molecule has 0 amide bonds. The number of carboxylic acids is 1. The number of aromatic amines is 1. The Labute approximate surface area is 100 Å². The molecule has 0 aliphatic heterocycles. The van der Waals surface area contributed by atoms with Gasteiger partial charge in [0.1, 0.15) is 0 Å². The molecule has 2 rings (SSSR count). The van der Waals surface area contributed by atoms with Gasteiger partial charge in [0.25, 0.3) is 0 Å². The van der Waals surface area contributed by atoms with Crippen molar-refractivity contribution in [2.75, 3.05) is 0 Å². The lowest BCUT2D eigenvalue weighted by Crippen LogP contribution is -2.00. The Kier molecular flexibility index (Phi) is 3.18. The van der Waals surface area contributed by atoms with Crippen molar-refractivity contribution in [3.8, 4) is 0 Å². The Bertz CT molecular complexity index is 555. The van der Waals surface area contributed by atoms with Crippen LogP contribution in [-0.4, -0.2) is 16.1 Å². The van der Waals surface area contributed by atoms with Gasteiger partial charge in [-0.3, -0.25) is 0 Å². The second-order valence-electron chi connectivity index (χ2n) is 4.40. The minimum Gasteiger partial charge on any atom is -0.478 e. The van der Waals surface area contributed by atoms with Crippen LogP contribution in [0.15, 0.2) is 18.3 Å². The van der Waals surface area contributed by atoms with Crippen LogP contribution in [0.4, 0.5) is 0 Å². The summed E-state index contributed by atoms with van der Waals surface area (Å²) in [6.45, 7) is 3.98. The number of aryl methyl sites for hydroxylation is 2. The highest BCUT2D eigenvalue weighted by atomic mass is 16.4. The van der Waals surface area contributed by atoms with Crippen LogP contribution >= 0.6 is 0 Å². The van der Waals surface area contributed by atoms with Crippen molar-refractivity contribution in [3.63, 3.8) is 0 Å². The van der Waals surface area contributed by atoms with Crippen molar-refractivity contribution >= 4 is 16.9 Å². The highest BCUT2D eigenvalue weighted by Crippen LogP contribution is 2.25. The van der Waals surface area contributed by atoms with E-state index in [1.807, 2.05) is 25.3 Å². The molecule has 0 saturated carbocycles. The minimum atomic E-state index is -0.864. The number of benzene rings is 1. The Morgan fingerprint density at radius 1 is 1.41 bits per heavy atom. The number of H-pyrrole nitrogens is 1. The largest absolute Gasteiger partial charge is 0.478 e. The number of aromatic nitrogens is 1. The molecule has 2 N–H and O–H groups in total. The van der Waals surface area contributed by atoms with Crippen LogP contribution in [0.2, 0.25) is 0 Å². The quantitative estimate of drug-likeness (QED) is 0.845. The standard InChI is InChI=1S/C14H17NO2/c1-3-4-5-10-8-15-13-11(10)7-6-9(2)12(13)14(16)17/h6-8,15H,3-5H2,1-2H3,(H,16,17). The zero-order chi connectivity index (χ0) is 12.4. The average Bonchev–Trinajstić information content (AvgIpc) is 2.68. The number of hydrogen-bond acceptors (Lipinski definition) is 1. The number of hydrogen-bond donors (Lipinski definition) is 2. The number of rotatable bonds is 4. The summed E-state index contributed by atoms with van der Waals surface area (Å²) in [4.78, 5) is 14.3. The van der Waals surface area contributed by atoms with Crippen molar-refractivity contribution in [1.29, 1.82) is 0 Å². The molecule has 0 atom stereocenters. The van der Waals surface area contributed by atoms with E-state index in [4.69, 9.17) is 0 Å². The van der Waals surface area contributed by atoms with Crippen molar-refractivity contribution < 1.29 is 9.90 Å². The summed E-state index contributed by atoms with van der Waals surface area (Å²) in [6.07, 6.45) is 5.21. The number of nitrogens with one attached hydrogen (secondary N) is 1. The summed E-state index contributed by atoms with van der Waals surface area (Å²) in [7, 11) is 0. The molecule has 0 bridgehead atoms. The van der Waals surface area contributed by atoms with Crippen molar-refractivity contribution in [2.45, 2.75) is 33.1 Å². The van der Waals surface area contributed by atoms with E-state index in [1.165, 1.54) is 5.56 Å². The van der Waals surface area contributed by atoms with Gasteiger partial charge in [-0.25, -0.2) is 4.79 Å². The molecule has 1 heterocycles. The molecule has 0 unspecified atom stereocenters. The van der Waals surface area contributed by atoms with Gasteiger partial charge in [-0.2, -0.15) is 0 Å². The highest BCUT2D eigenvalue weighted by Gasteiger charge is 2.14. The van der Waals surface area contributed by atoms with Gasteiger partial charge in [0.05, 0.1) is 11.1 Å². The predicted molar refractivity (Wildman–Crippen MR) is 68.6 cm³/mol. The van der Waals surface area contributed by atoms with Crippen LogP contribution < -0.4 is 0 Å². The molecule has 3 heteroatoms. The average molecular weight is 231 g/mol. The summed E-state index contributed by atoms with van der Waals surface area (Å²) in [6, 6.07) is 3.90. The molecule has 1 aromatic heterocycles. The molecule has 90 valence electrons. The predicted octanol–water partition coefficient (Wildman–Crippen LogP) is 3.52. The van der Waals surface area contributed by atoms with Crippen LogP contribution in [0.5, 0.6) is 0 Å². The van der Waals surface area contributed by atoms with Gasteiger partial charge in [-0.1, -0.05) is 25.5 Å². The van der Waals surface area contributed by atoms with Crippen molar-refractivity contribution in [2.24, 2.45) is 0 Å². The lowest BCUT2D eigenvalue weighted by Gasteiger charge is -2.03. The number of fused-ring (bicyclic) bond motifs is 1. The molecule has 0 radical (unpaired) electrons. The van der Waals surface area contributed by atoms with Crippen LogP contribution in [-0.2, 0) is 6.42 Å². The maximum Gasteiger partial charge on any atom is 0.338 e. The normalized spacial score (nSPS) is 10.9. The molecular formula is C14H17NO2. The van der Waals surface area contributed by atoms with Gasteiger partial charge < -0.3 is 10.1 Å². The first-order chi connectivity index (χ1) is 8.15. The summed E-state index contributed by atoms with van der Waals surface area (Å²) in [5, 5.41) is 10.3. The zero-order valence-corrected chi connectivity index (χ0v) is 10.2. The third-order valence-corrected chi connectivity index (χ3v) is 3.16. The fraction of sp³-hybridized carbons (Fsp3) is 0.357. The maximum absolute atomic E-state index is 11.2. The molecule has 2 aromatic rings. The molecule has 0 saturated heterocycles. The number of carbonyl (C=O) groups is 1. The van der Waals surface area contributed by atoms with Gasteiger partial charge in [-0.15, -0.1) is 0 Å². The highest BCUT2D eigenvalue weighted by molar-refractivity contribution is 6.04. The zero-order valence-electron chi connectivity index (χ0n) is 10.2. The van der Waals surface area contributed by atoms with Crippen LogP contribution in [0.25, 0.3) is 10.9 Å². The third-order valence-electron chi connectivity index (χ3n) is 3.16. The molecule has 3 nitrogen and oxygen atoms in total. The van der Waals surface area contributed by atoms with E-state index in [0.29, 0.717) is 5.56 Å². The number of unbranched alkanes of at least 4 members (excludes halogenated alkanes) is 1. The first kappa shape index (κ1) is 11.7. The van der Waals surface area contributed by atoms with Gasteiger partial charge in [-0.05, 0) is 30.9 Å². The van der Waals surface area contributed by atoms with E-state index >= 15 is 0 Å². The molecule has 0 fully saturated rings. The van der Waals surface area contributed by atoms with E-state index in [2.05, 4.69) is 11.9 Å². The monoisotopic (exact) mass is 231 g/mol.